The highest BCUT2D eigenvalue weighted by Gasteiger charge is 2.18. The first-order valence-electron chi connectivity index (χ1n) is 8.97. The summed E-state index contributed by atoms with van der Waals surface area (Å²) in [7, 11) is 0. The Morgan fingerprint density at radius 3 is 2.65 bits per heavy atom. The van der Waals surface area contributed by atoms with Gasteiger partial charge in [-0.15, -0.1) is 6.42 Å². The lowest BCUT2D eigenvalue weighted by Gasteiger charge is -2.27. The van der Waals surface area contributed by atoms with Crippen LogP contribution < -0.4 is 10.2 Å². The molecule has 0 bridgehead atoms. The van der Waals surface area contributed by atoms with Crippen molar-refractivity contribution in [1.82, 2.24) is 5.32 Å². The molecule has 2 aromatic carbocycles. The van der Waals surface area contributed by atoms with Gasteiger partial charge in [0.1, 0.15) is 0 Å². The van der Waals surface area contributed by atoms with Crippen molar-refractivity contribution in [3.05, 3.63) is 65.7 Å². The van der Waals surface area contributed by atoms with Gasteiger partial charge in [-0.3, -0.25) is 4.79 Å². The van der Waals surface area contributed by atoms with Crippen LogP contribution in [-0.2, 0) is 16.1 Å². The van der Waals surface area contributed by atoms with Gasteiger partial charge in [-0.1, -0.05) is 42.3 Å². The summed E-state index contributed by atoms with van der Waals surface area (Å²) in [4.78, 5) is 14.7. The van der Waals surface area contributed by atoms with Crippen molar-refractivity contribution >= 4 is 11.6 Å². The van der Waals surface area contributed by atoms with Crippen LogP contribution in [0.25, 0.3) is 0 Å². The zero-order valence-electron chi connectivity index (χ0n) is 14.9. The third-order valence-electron chi connectivity index (χ3n) is 4.52. The van der Waals surface area contributed by atoms with E-state index in [9.17, 15) is 4.79 Å². The van der Waals surface area contributed by atoms with Gasteiger partial charge in [-0.05, 0) is 36.6 Å². The van der Waals surface area contributed by atoms with E-state index in [1.165, 1.54) is 0 Å². The highest BCUT2D eigenvalue weighted by molar-refractivity contribution is 5.81. The molecule has 1 saturated heterocycles. The number of hydrogen-bond donors (Lipinski definition) is 1. The van der Waals surface area contributed by atoms with Crippen LogP contribution in [0.4, 0.5) is 5.69 Å². The van der Waals surface area contributed by atoms with E-state index in [4.69, 9.17) is 11.2 Å². The summed E-state index contributed by atoms with van der Waals surface area (Å²) in [6.45, 7) is 2.36. The van der Waals surface area contributed by atoms with E-state index >= 15 is 0 Å². The number of anilines is 1. The fraction of sp³-hybridized carbons (Fsp3) is 0.318. The number of amides is 1. The van der Waals surface area contributed by atoms with Crippen LogP contribution in [0.15, 0.2) is 54.6 Å². The number of ether oxygens (including phenoxy) is 1. The lowest BCUT2D eigenvalue weighted by molar-refractivity contribution is -0.121. The summed E-state index contributed by atoms with van der Waals surface area (Å²) in [5.74, 6) is 2.69. The molecule has 1 N–H and O–H groups in total. The van der Waals surface area contributed by atoms with Crippen LogP contribution >= 0.6 is 0 Å². The first-order valence-corrected chi connectivity index (χ1v) is 8.97. The average molecular weight is 348 g/mol. The van der Waals surface area contributed by atoms with Crippen molar-refractivity contribution in [1.29, 1.82) is 0 Å². The van der Waals surface area contributed by atoms with Gasteiger partial charge in [0.2, 0.25) is 5.91 Å². The first-order chi connectivity index (χ1) is 12.7. The molecule has 0 unspecified atom stereocenters. The van der Waals surface area contributed by atoms with Gasteiger partial charge in [0.25, 0.3) is 0 Å². The van der Waals surface area contributed by atoms with Crippen molar-refractivity contribution in [2.24, 2.45) is 0 Å². The van der Waals surface area contributed by atoms with Crippen LogP contribution in [0.5, 0.6) is 0 Å². The van der Waals surface area contributed by atoms with Crippen LogP contribution in [0, 0.1) is 12.3 Å². The normalized spacial score (nSPS) is 14.4. The lowest BCUT2D eigenvalue weighted by atomic mass is 10.1. The van der Waals surface area contributed by atoms with E-state index in [1.54, 1.807) is 0 Å². The molecular weight excluding hydrogens is 324 g/mol. The molecule has 0 atom stereocenters. The van der Waals surface area contributed by atoms with E-state index < -0.39 is 0 Å². The predicted molar refractivity (Wildman–Crippen MR) is 104 cm³/mol. The molecule has 4 nitrogen and oxygen atoms in total. The second-order valence-corrected chi connectivity index (χ2v) is 6.49. The van der Waals surface area contributed by atoms with Crippen molar-refractivity contribution in [2.45, 2.75) is 25.4 Å². The molecule has 0 aromatic heterocycles. The highest BCUT2D eigenvalue weighted by Crippen LogP contribution is 2.19. The molecule has 0 aliphatic carbocycles. The van der Waals surface area contributed by atoms with Crippen LogP contribution in [0.2, 0.25) is 0 Å². The molecular formula is C22H24N2O2. The number of nitrogens with zero attached hydrogens (tertiary/aromatic N) is 1. The SMILES string of the molecule is C#Cc1cccc(N(CC(=O)NC2CCOCC2)Cc2ccccc2)c1. The van der Waals surface area contributed by atoms with Crippen molar-refractivity contribution < 1.29 is 9.53 Å². The van der Waals surface area contributed by atoms with E-state index in [2.05, 4.69) is 28.3 Å². The summed E-state index contributed by atoms with van der Waals surface area (Å²) in [6, 6.07) is 18.1. The fourth-order valence-electron chi connectivity index (χ4n) is 3.12. The Balaban J connectivity index is 1.73. The van der Waals surface area contributed by atoms with E-state index in [0.717, 1.165) is 29.7 Å². The molecule has 0 saturated carbocycles. The number of benzene rings is 2. The molecule has 2 aromatic rings. The monoisotopic (exact) mass is 348 g/mol. The molecule has 1 amide bonds. The molecule has 3 rings (SSSR count). The van der Waals surface area contributed by atoms with Crippen LogP contribution in [0.1, 0.15) is 24.0 Å². The Hall–Kier alpha value is -2.77. The van der Waals surface area contributed by atoms with Crippen LogP contribution in [-0.4, -0.2) is 31.7 Å². The Morgan fingerprint density at radius 2 is 1.92 bits per heavy atom. The van der Waals surface area contributed by atoms with Gasteiger partial charge in [-0.2, -0.15) is 0 Å². The number of hydrogen-bond acceptors (Lipinski definition) is 3. The topological polar surface area (TPSA) is 41.6 Å². The summed E-state index contributed by atoms with van der Waals surface area (Å²) in [5.41, 5.74) is 2.91. The summed E-state index contributed by atoms with van der Waals surface area (Å²) < 4.78 is 5.36. The second-order valence-electron chi connectivity index (χ2n) is 6.49. The van der Waals surface area contributed by atoms with Gasteiger partial charge >= 0.3 is 0 Å². The van der Waals surface area contributed by atoms with Crippen molar-refractivity contribution in [3.8, 4) is 12.3 Å². The summed E-state index contributed by atoms with van der Waals surface area (Å²) in [5, 5.41) is 3.13. The maximum absolute atomic E-state index is 12.6. The number of carbonyl (C=O) groups is 1. The molecule has 1 aliphatic rings. The Bertz CT molecular complexity index is 761. The number of carbonyl (C=O) groups excluding carboxylic acids is 1. The minimum atomic E-state index is 0.0268. The molecule has 1 aliphatic heterocycles. The van der Waals surface area contributed by atoms with Crippen molar-refractivity contribution in [2.75, 3.05) is 24.7 Å². The molecule has 1 heterocycles. The molecule has 1 fully saturated rings. The predicted octanol–water partition coefficient (Wildman–Crippen LogP) is 2.97. The Morgan fingerprint density at radius 1 is 1.15 bits per heavy atom. The quantitative estimate of drug-likeness (QED) is 0.816. The van der Waals surface area contributed by atoms with E-state index in [0.29, 0.717) is 26.3 Å². The van der Waals surface area contributed by atoms with Gasteiger partial charge < -0.3 is 15.0 Å². The fourth-order valence-corrected chi connectivity index (χ4v) is 3.12. The molecule has 0 radical (unpaired) electrons. The van der Waals surface area contributed by atoms with E-state index in [1.807, 2.05) is 42.5 Å². The maximum Gasteiger partial charge on any atom is 0.239 e. The van der Waals surface area contributed by atoms with E-state index in [-0.39, 0.29) is 11.9 Å². The average Bonchev–Trinajstić information content (AvgIpc) is 2.69. The van der Waals surface area contributed by atoms with Gasteiger partial charge in [0.05, 0.1) is 6.54 Å². The standard InChI is InChI=1S/C22H24N2O2/c1-2-18-9-6-10-21(15-18)24(16-19-7-4-3-5-8-19)17-22(25)23-20-11-13-26-14-12-20/h1,3-10,15,20H,11-14,16-17H2,(H,23,25). The largest absolute Gasteiger partial charge is 0.381 e. The molecule has 26 heavy (non-hydrogen) atoms. The minimum absolute atomic E-state index is 0.0268. The molecule has 4 heteroatoms. The Labute approximate surface area is 155 Å². The zero-order valence-corrected chi connectivity index (χ0v) is 14.9. The lowest BCUT2D eigenvalue weighted by Crippen LogP contribution is -2.44. The number of terminal acetylenes is 1. The minimum Gasteiger partial charge on any atom is -0.381 e. The first kappa shape index (κ1) is 18.0. The third-order valence-corrected chi connectivity index (χ3v) is 4.52. The molecule has 134 valence electrons. The summed E-state index contributed by atoms with van der Waals surface area (Å²) in [6.07, 6.45) is 7.28. The van der Waals surface area contributed by atoms with Gasteiger partial charge in [-0.25, -0.2) is 0 Å². The third kappa shape index (κ3) is 5.11. The van der Waals surface area contributed by atoms with Crippen molar-refractivity contribution in [3.63, 3.8) is 0 Å². The maximum atomic E-state index is 12.6. The van der Waals surface area contributed by atoms with Gasteiger partial charge in [0.15, 0.2) is 0 Å². The second kappa shape index (κ2) is 9.07. The van der Waals surface area contributed by atoms with Crippen LogP contribution in [0.3, 0.4) is 0 Å². The summed E-state index contributed by atoms with van der Waals surface area (Å²) >= 11 is 0. The highest BCUT2D eigenvalue weighted by atomic mass is 16.5. The number of nitrogens with one attached hydrogen (secondary N) is 1. The zero-order chi connectivity index (χ0) is 18.2. The number of rotatable bonds is 6. The van der Waals surface area contributed by atoms with Gasteiger partial charge in [0, 0.05) is 37.1 Å². The smallest absolute Gasteiger partial charge is 0.239 e. The Kier molecular flexibility index (Phi) is 6.29. The molecule has 0 spiro atoms.